The average Bonchev–Trinajstić information content (AvgIpc) is 2.75. The molecule has 30 heavy (non-hydrogen) atoms. The van der Waals surface area contributed by atoms with Gasteiger partial charge in [0.25, 0.3) is 0 Å². The zero-order valence-electron chi connectivity index (χ0n) is 16.6. The summed E-state index contributed by atoms with van der Waals surface area (Å²) in [5.41, 5.74) is 4.09. The van der Waals surface area contributed by atoms with Crippen molar-refractivity contribution in [2.24, 2.45) is 0 Å². The summed E-state index contributed by atoms with van der Waals surface area (Å²) in [7, 11) is 0. The molecule has 0 amide bonds. The van der Waals surface area contributed by atoms with Gasteiger partial charge in [-0.3, -0.25) is 4.90 Å². The van der Waals surface area contributed by atoms with Crippen molar-refractivity contribution in [3.8, 4) is 0 Å². The molecule has 0 aromatic heterocycles. The second kappa shape index (κ2) is 8.98. The largest absolute Gasteiger partial charge is 0.462 e. The molecule has 0 bridgehead atoms. The van der Waals surface area contributed by atoms with Crippen LogP contribution in [0, 0.1) is 5.82 Å². The zero-order valence-corrected chi connectivity index (χ0v) is 18.2. The van der Waals surface area contributed by atoms with Gasteiger partial charge in [-0.05, 0) is 49.4 Å². The van der Waals surface area contributed by atoms with E-state index in [0.717, 1.165) is 31.8 Å². The van der Waals surface area contributed by atoms with E-state index < -0.39 is 0 Å². The minimum Gasteiger partial charge on any atom is -0.462 e. The lowest BCUT2D eigenvalue weighted by Crippen LogP contribution is -3.15. The third-order valence-corrected chi connectivity index (χ3v) is 5.85. The number of halogens is 2. The van der Waals surface area contributed by atoms with Crippen LogP contribution in [0.1, 0.15) is 35.8 Å². The number of esters is 1. The summed E-state index contributed by atoms with van der Waals surface area (Å²) in [6.07, 6.45) is -0.242. The number of hydrogen-bond acceptors (Lipinski definition) is 3. The van der Waals surface area contributed by atoms with E-state index >= 15 is 0 Å². The molecule has 4 rings (SSSR count). The fraction of sp³-hybridized carbons (Fsp3) is 0.208. The maximum absolute atomic E-state index is 13.6. The average molecular weight is 470 g/mol. The smallest absolute Gasteiger partial charge is 0.361 e. The highest BCUT2D eigenvalue weighted by Gasteiger charge is 2.41. The fourth-order valence-electron chi connectivity index (χ4n) is 4.09. The lowest BCUT2D eigenvalue weighted by molar-refractivity contribution is -0.947. The standard InChI is InChI=1S/C24H22BrFN2O2/c1-2-30-22(29)15-28-23(16-6-4-3-5-7-16)20-14-18(25)10-13-21(20)27-24(28)17-8-11-19(26)12-9-17/h3-14,23-24,27H,2,15H2,1H3/p+1/t23-,24-/m0/s1. The Morgan fingerprint density at radius 1 is 1.07 bits per heavy atom. The third-order valence-electron chi connectivity index (χ3n) is 5.36. The first-order valence-electron chi connectivity index (χ1n) is 9.94. The predicted octanol–water partition coefficient (Wildman–Crippen LogP) is 4.25. The molecule has 0 spiro atoms. The number of hydrogen-bond donors (Lipinski definition) is 2. The molecular weight excluding hydrogens is 447 g/mol. The van der Waals surface area contributed by atoms with Crippen LogP contribution < -0.4 is 10.2 Å². The molecule has 4 nitrogen and oxygen atoms in total. The molecule has 1 unspecified atom stereocenters. The van der Waals surface area contributed by atoms with Crippen molar-refractivity contribution in [1.29, 1.82) is 0 Å². The van der Waals surface area contributed by atoms with Crippen molar-refractivity contribution in [3.63, 3.8) is 0 Å². The van der Waals surface area contributed by atoms with Crippen molar-refractivity contribution in [1.82, 2.24) is 0 Å². The van der Waals surface area contributed by atoms with Crippen molar-refractivity contribution in [2.45, 2.75) is 19.1 Å². The van der Waals surface area contributed by atoms with Gasteiger partial charge in [0.05, 0.1) is 6.61 Å². The third kappa shape index (κ3) is 4.25. The molecular formula is C24H23BrFN2O2+. The summed E-state index contributed by atoms with van der Waals surface area (Å²) in [6.45, 7) is 2.31. The Hall–Kier alpha value is -2.70. The number of carbonyl (C=O) groups excluding carboxylic acids is 1. The van der Waals surface area contributed by atoms with E-state index in [-0.39, 0.29) is 30.5 Å². The quantitative estimate of drug-likeness (QED) is 0.548. The summed E-state index contributed by atoms with van der Waals surface area (Å²) in [6, 6.07) is 22.6. The molecule has 6 heteroatoms. The van der Waals surface area contributed by atoms with Gasteiger partial charge in [-0.25, -0.2) is 9.18 Å². The summed E-state index contributed by atoms with van der Waals surface area (Å²) in [5, 5.41) is 3.57. The van der Waals surface area contributed by atoms with Crippen LogP contribution in [-0.4, -0.2) is 19.1 Å². The minimum absolute atomic E-state index is 0.0978. The van der Waals surface area contributed by atoms with Gasteiger partial charge >= 0.3 is 5.97 Å². The van der Waals surface area contributed by atoms with Gasteiger partial charge in [-0.1, -0.05) is 46.3 Å². The first-order chi connectivity index (χ1) is 14.6. The number of anilines is 1. The van der Waals surface area contributed by atoms with E-state index in [1.165, 1.54) is 12.1 Å². The SMILES string of the molecule is CCOC(=O)C[NH+]1[C@@H](c2ccccc2)c2cc(Br)ccc2N[C@@H]1c1ccc(F)cc1. The molecule has 0 radical (unpaired) electrons. The second-order valence-electron chi connectivity index (χ2n) is 7.26. The number of quaternary nitrogens is 1. The van der Waals surface area contributed by atoms with Crippen LogP contribution in [0.25, 0.3) is 0 Å². The zero-order chi connectivity index (χ0) is 21.1. The summed E-state index contributed by atoms with van der Waals surface area (Å²) in [5.74, 6) is -0.550. The number of ether oxygens (including phenoxy) is 1. The maximum atomic E-state index is 13.6. The molecule has 0 saturated heterocycles. The monoisotopic (exact) mass is 469 g/mol. The Balaban J connectivity index is 1.86. The molecule has 1 aliphatic heterocycles. The summed E-state index contributed by atoms with van der Waals surface area (Å²) >= 11 is 3.58. The Bertz CT molecular complexity index is 1030. The number of nitrogens with one attached hydrogen (secondary N) is 2. The summed E-state index contributed by atoms with van der Waals surface area (Å²) < 4.78 is 19.8. The van der Waals surface area contributed by atoms with E-state index in [9.17, 15) is 9.18 Å². The normalized spacial score (nSPS) is 20.2. The van der Waals surface area contributed by atoms with Crippen LogP contribution in [0.3, 0.4) is 0 Å². The molecule has 3 aromatic rings. The van der Waals surface area contributed by atoms with Crippen molar-refractivity contribution < 1.29 is 18.8 Å². The van der Waals surface area contributed by atoms with Crippen molar-refractivity contribution >= 4 is 27.6 Å². The van der Waals surface area contributed by atoms with Gasteiger partial charge in [-0.15, -0.1) is 0 Å². The molecule has 1 heterocycles. The van der Waals surface area contributed by atoms with Gasteiger partial charge < -0.3 is 10.1 Å². The van der Waals surface area contributed by atoms with Gasteiger partial charge in [0.2, 0.25) is 0 Å². The Kier molecular flexibility index (Phi) is 6.16. The number of benzene rings is 3. The molecule has 0 aliphatic carbocycles. The van der Waals surface area contributed by atoms with Crippen LogP contribution >= 0.6 is 15.9 Å². The van der Waals surface area contributed by atoms with Crippen LogP contribution in [0.5, 0.6) is 0 Å². The maximum Gasteiger partial charge on any atom is 0.361 e. The van der Waals surface area contributed by atoms with Gasteiger partial charge in [0.1, 0.15) is 11.9 Å². The lowest BCUT2D eigenvalue weighted by atomic mass is 9.91. The Morgan fingerprint density at radius 3 is 2.50 bits per heavy atom. The van der Waals surface area contributed by atoms with E-state index in [2.05, 4.69) is 39.4 Å². The van der Waals surface area contributed by atoms with Crippen molar-refractivity contribution in [2.75, 3.05) is 18.5 Å². The van der Waals surface area contributed by atoms with Gasteiger partial charge in [0.15, 0.2) is 12.7 Å². The van der Waals surface area contributed by atoms with Gasteiger partial charge in [0, 0.05) is 26.9 Å². The highest BCUT2D eigenvalue weighted by Crippen LogP contribution is 2.35. The first-order valence-corrected chi connectivity index (χ1v) is 10.7. The molecule has 0 saturated carbocycles. The minimum atomic E-state index is -0.287. The molecule has 3 atom stereocenters. The Morgan fingerprint density at radius 2 is 1.80 bits per heavy atom. The van der Waals surface area contributed by atoms with E-state index in [4.69, 9.17) is 4.74 Å². The molecule has 1 aliphatic rings. The molecule has 154 valence electrons. The van der Waals surface area contributed by atoms with Gasteiger partial charge in [-0.2, -0.15) is 0 Å². The molecule has 3 aromatic carbocycles. The highest BCUT2D eigenvalue weighted by molar-refractivity contribution is 9.10. The second-order valence-corrected chi connectivity index (χ2v) is 8.18. The van der Waals surface area contributed by atoms with E-state index in [1.807, 2.05) is 30.3 Å². The Labute approximate surface area is 183 Å². The number of fused-ring (bicyclic) bond motifs is 1. The van der Waals surface area contributed by atoms with Crippen LogP contribution in [0.2, 0.25) is 0 Å². The topological polar surface area (TPSA) is 42.8 Å². The van der Waals surface area contributed by atoms with Crippen LogP contribution in [0.4, 0.5) is 10.1 Å². The fourth-order valence-corrected chi connectivity index (χ4v) is 4.47. The molecule has 2 N–H and O–H groups in total. The first kappa shape index (κ1) is 20.6. The van der Waals surface area contributed by atoms with Crippen LogP contribution in [0.15, 0.2) is 77.3 Å². The number of carbonyl (C=O) groups is 1. The molecule has 0 fully saturated rings. The van der Waals surface area contributed by atoms with Crippen molar-refractivity contribution in [3.05, 3.63) is 99.8 Å². The number of rotatable bonds is 5. The lowest BCUT2D eigenvalue weighted by Gasteiger charge is -2.41. The van der Waals surface area contributed by atoms with Crippen LogP contribution in [-0.2, 0) is 9.53 Å². The van der Waals surface area contributed by atoms with E-state index in [0.29, 0.717) is 6.61 Å². The van der Waals surface area contributed by atoms with E-state index in [1.54, 1.807) is 19.1 Å². The highest BCUT2D eigenvalue weighted by atomic mass is 79.9. The summed E-state index contributed by atoms with van der Waals surface area (Å²) in [4.78, 5) is 13.5. The predicted molar refractivity (Wildman–Crippen MR) is 118 cm³/mol.